The number of carbonyl (C=O) groups is 4. The minimum atomic E-state index is -0.512. The molecule has 0 spiro atoms. The van der Waals surface area contributed by atoms with Crippen molar-refractivity contribution in [1.82, 2.24) is 0 Å². The molecule has 0 radical (unpaired) electrons. The van der Waals surface area contributed by atoms with E-state index in [1.807, 2.05) is 69.2 Å². The van der Waals surface area contributed by atoms with Gasteiger partial charge in [-0.1, -0.05) is 111 Å². The molecule has 0 rings (SSSR count). The molecule has 0 aromatic rings. The van der Waals surface area contributed by atoms with E-state index in [2.05, 4.69) is 55.4 Å². The first-order valence-corrected chi connectivity index (χ1v) is 19.5. The largest absolute Gasteiger partial charge is 0.462 e. The van der Waals surface area contributed by atoms with E-state index in [1.54, 1.807) is 0 Å². The van der Waals surface area contributed by atoms with Crippen molar-refractivity contribution in [3.05, 3.63) is 0 Å². The second-order valence-electron chi connectivity index (χ2n) is 17.9. The molecule has 50 heavy (non-hydrogen) atoms. The van der Waals surface area contributed by atoms with Gasteiger partial charge in [0.15, 0.2) is 0 Å². The summed E-state index contributed by atoms with van der Waals surface area (Å²) in [6, 6.07) is 0. The van der Waals surface area contributed by atoms with Crippen molar-refractivity contribution in [1.29, 1.82) is 0 Å². The Morgan fingerprint density at radius 2 is 0.680 bits per heavy atom. The fourth-order valence-corrected chi connectivity index (χ4v) is 6.20. The minimum absolute atomic E-state index is 0.0925. The summed E-state index contributed by atoms with van der Waals surface area (Å²) in [5, 5.41) is 0. The smallest absolute Gasteiger partial charge is 0.312 e. The number of ether oxygens (including phenoxy) is 4. The highest BCUT2D eigenvalue weighted by atomic mass is 16.6. The molecule has 0 N–H and O–H groups in total. The Hall–Kier alpha value is -2.12. The van der Waals surface area contributed by atoms with Gasteiger partial charge in [0.05, 0.1) is 22.7 Å². The van der Waals surface area contributed by atoms with Crippen LogP contribution in [0.1, 0.15) is 150 Å². The maximum absolute atomic E-state index is 12.6. The van der Waals surface area contributed by atoms with Gasteiger partial charge in [-0.3, -0.25) is 19.2 Å². The Labute approximate surface area is 308 Å². The van der Waals surface area contributed by atoms with Crippen LogP contribution in [-0.4, -0.2) is 50.3 Å². The van der Waals surface area contributed by atoms with Crippen LogP contribution in [0, 0.1) is 70.0 Å². The molecule has 0 heterocycles. The third kappa shape index (κ3) is 18.9. The lowest BCUT2D eigenvalue weighted by Crippen LogP contribution is -2.38. The monoisotopic (exact) mass is 713 g/mol. The molecular formula is C42H80O8. The molecule has 0 aliphatic heterocycles. The van der Waals surface area contributed by atoms with Gasteiger partial charge in [0.2, 0.25) is 0 Å². The van der Waals surface area contributed by atoms with Gasteiger partial charge in [-0.2, -0.15) is 0 Å². The fourth-order valence-electron chi connectivity index (χ4n) is 6.20. The standard InChI is InChI=1S/C22H42O4.C20H38O4/c1-15(2)13-21(9,17(5)6)19(23)25-11-12-26-20(24)22(10,18(7)8)14-16(3)4;1-13(2)11-17(15(5)6)19(21)23-9-10-24-20(22)18(16(7)8)12-14(3)4/h15-18H,11-14H2,1-10H3;13-18H,9-12H2,1-8H3. The zero-order valence-corrected chi connectivity index (χ0v) is 35.7. The van der Waals surface area contributed by atoms with Crippen LogP contribution in [-0.2, 0) is 38.1 Å². The molecule has 0 aliphatic rings. The average molecular weight is 713 g/mol. The summed E-state index contributed by atoms with van der Waals surface area (Å²) in [5.74, 6) is 1.65. The highest BCUT2D eigenvalue weighted by molar-refractivity contribution is 5.77. The summed E-state index contributed by atoms with van der Waals surface area (Å²) >= 11 is 0. The molecular weight excluding hydrogens is 632 g/mol. The maximum Gasteiger partial charge on any atom is 0.312 e. The predicted molar refractivity (Wildman–Crippen MR) is 204 cm³/mol. The van der Waals surface area contributed by atoms with E-state index in [9.17, 15) is 19.2 Å². The first kappa shape index (κ1) is 50.0. The van der Waals surface area contributed by atoms with Gasteiger partial charge in [0, 0.05) is 0 Å². The van der Waals surface area contributed by atoms with Crippen molar-refractivity contribution < 1.29 is 38.1 Å². The van der Waals surface area contributed by atoms with Crippen molar-refractivity contribution in [2.75, 3.05) is 26.4 Å². The highest BCUT2D eigenvalue weighted by Crippen LogP contribution is 2.37. The number of rotatable bonds is 22. The number of hydrogen-bond donors (Lipinski definition) is 0. The van der Waals surface area contributed by atoms with Gasteiger partial charge in [-0.05, 0) is 86.9 Å². The molecule has 8 heteroatoms. The average Bonchev–Trinajstić information content (AvgIpc) is 2.97. The lowest BCUT2D eigenvalue weighted by atomic mass is 9.73. The molecule has 0 saturated heterocycles. The summed E-state index contributed by atoms with van der Waals surface area (Å²) in [7, 11) is 0. The Bertz CT molecular complexity index is 902. The van der Waals surface area contributed by atoms with Crippen LogP contribution in [0.2, 0.25) is 0 Å². The summed E-state index contributed by atoms with van der Waals surface area (Å²) in [4.78, 5) is 49.5. The molecule has 0 fully saturated rings. The van der Waals surface area contributed by atoms with Crippen molar-refractivity contribution in [3.63, 3.8) is 0 Å². The van der Waals surface area contributed by atoms with E-state index >= 15 is 0 Å². The van der Waals surface area contributed by atoms with Crippen LogP contribution in [0.15, 0.2) is 0 Å². The van der Waals surface area contributed by atoms with Crippen LogP contribution in [0.4, 0.5) is 0 Å². The van der Waals surface area contributed by atoms with Gasteiger partial charge in [0.1, 0.15) is 26.4 Å². The summed E-state index contributed by atoms with van der Waals surface area (Å²) in [5.41, 5.74) is -1.02. The fraction of sp³-hybridized carbons (Fsp3) is 0.905. The Morgan fingerprint density at radius 3 is 0.880 bits per heavy atom. The van der Waals surface area contributed by atoms with E-state index in [1.165, 1.54) is 0 Å². The van der Waals surface area contributed by atoms with Crippen molar-refractivity contribution in [2.24, 2.45) is 70.0 Å². The lowest BCUT2D eigenvalue weighted by Gasteiger charge is -2.33. The van der Waals surface area contributed by atoms with E-state index in [0.29, 0.717) is 23.7 Å². The Kier molecular flexibility index (Phi) is 24.2. The number of carbonyl (C=O) groups excluding carboxylic acids is 4. The van der Waals surface area contributed by atoms with Gasteiger partial charge in [0.25, 0.3) is 0 Å². The molecule has 0 aliphatic carbocycles. The molecule has 0 aromatic heterocycles. The molecule has 0 bridgehead atoms. The molecule has 4 unspecified atom stereocenters. The van der Waals surface area contributed by atoms with Crippen molar-refractivity contribution in [2.45, 2.75) is 150 Å². The maximum atomic E-state index is 12.6. The van der Waals surface area contributed by atoms with Crippen LogP contribution in [0.25, 0.3) is 0 Å². The Balaban J connectivity index is 0. The molecule has 0 amide bonds. The van der Waals surface area contributed by atoms with Crippen LogP contribution in [0.3, 0.4) is 0 Å². The van der Waals surface area contributed by atoms with E-state index in [-0.39, 0.29) is 85.8 Å². The van der Waals surface area contributed by atoms with Crippen LogP contribution >= 0.6 is 0 Å². The second kappa shape index (κ2) is 24.2. The molecule has 0 saturated carbocycles. The van der Waals surface area contributed by atoms with Crippen LogP contribution < -0.4 is 0 Å². The number of hydrogen-bond acceptors (Lipinski definition) is 8. The predicted octanol–water partition coefficient (Wildman–Crippen LogP) is 10.2. The summed E-state index contributed by atoms with van der Waals surface area (Å²) < 4.78 is 21.6. The van der Waals surface area contributed by atoms with E-state index in [0.717, 1.165) is 25.7 Å². The normalized spacial score (nSPS) is 15.6. The van der Waals surface area contributed by atoms with Gasteiger partial charge >= 0.3 is 23.9 Å². The third-order valence-corrected chi connectivity index (χ3v) is 9.93. The second-order valence-corrected chi connectivity index (χ2v) is 17.9. The van der Waals surface area contributed by atoms with Crippen molar-refractivity contribution in [3.8, 4) is 0 Å². The van der Waals surface area contributed by atoms with Crippen LogP contribution in [0.5, 0.6) is 0 Å². The molecule has 8 nitrogen and oxygen atoms in total. The quantitative estimate of drug-likeness (QED) is 0.0620. The van der Waals surface area contributed by atoms with Crippen molar-refractivity contribution >= 4 is 23.9 Å². The highest BCUT2D eigenvalue weighted by Gasteiger charge is 2.40. The third-order valence-electron chi connectivity index (χ3n) is 9.93. The molecule has 296 valence electrons. The van der Waals surface area contributed by atoms with E-state index in [4.69, 9.17) is 18.9 Å². The van der Waals surface area contributed by atoms with Gasteiger partial charge < -0.3 is 18.9 Å². The zero-order chi connectivity index (χ0) is 39.6. The minimum Gasteiger partial charge on any atom is -0.462 e. The van der Waals surface area contributed by atoms with Gasteiger partial charge in [-0.25, -0.2) is 0 Å². The lowest BCUT2D eigenvalue weighted by molar-refractivity contribution is -0.168. The SMILES string of the molecule is CC(C)CC(C(=O)OCCOC(=O)C(CC(C)C)C(C)C)C(C)C.CC(C)CC(C)(C(=O)OCCOC(=O)C(C)(CC(C)C)C(C)C)C(C)C. The molecule has 0 aromatic carbocycles. The first-order chi connectivity index (χ1) is 22.8. The number of esters is 4. The zero-order valence-electron chi connectivity index (χ0n) is 35.7. The van der Waals surface area contributed by atoms with E-state index < -0.39 is 10.8 Å². The molecule has 4 atom stereocenters. The summed E-state index contributed by atoms with van der Waals surface area (Å²) in [6.07, 6.45) is 3.20. The van der Waals surface area contributed by atoms with Gasteiger partial charge in [-0.15, -0.1) is 0 Å². The Morgan fingerprint density at radius 1 is 0.420 bits per heavy atom. The first-order valence-electron chi connectivity index (χ1n) is 19.5. The summed E-state index contributed by atoms with van der Waals surface area (Å²) in [6.45, 7) is 37.6. The topological polar surface area (TPSA) is 105 Å².